The summed E-state index contributed by atoms with van der Waals surface area (Å²) in [6, 6.07) is 8.14. The predicted octanol–water partition coefficient (Wildman–Crippen LogP) is 4.29. The summed E-state index contributed by atoms with van der Waals surface area (Å²) < 4.78 is 0. The molecule has 0 bridgehead atoms. The van der Waals surface area contributed by atoms with Gasteiger partial charge in [0.1, 0.15) is 0 Å². The molecule has 4 heteroatoms. The predicted molar refractivity (Wildman–Crippen MR) is 104 cm³/mol. The molecule has 1 heterocycles. The third-order valence-electron chi connectivity index (χ3n) is 6.00. The molecule has 2 amide bonds. The lowest BCUT2D eigenvalue weighted by molar-refractivity contribution is -0.126. The highest BCUT2D eigenvalue weighted by Crippen LogP contribution is 2.24. The summed E-state index contributed by atoms with van der Waals surface area (Å²) in [6.07, 6.45) is 10.1. The Morgan fingerprint density at radius 1 is 1.00 bits per heavy atom. The second-order valence-electron chi connectivity index (χ2n) is 7.81. The molecule has 4 nitrogen and oxygen atoms in total. The molecule has 2 fully saturated rings. The Labute approximate surface area is 157 Å². The number of benzene rings is 1. The topological polar surface area (TPSA) is 49.4 Å². The van der Waals surface area contributed by atoms with Gasteiger partial charge in [-0.2, -0.15) is 0 Å². The van der Waals surface area contributed by atoms with Gasteiger partial charge in [0.25, 0.3) is 5.91 Å². The number of nitrogens with zero attached hydrogens (tertiary/aromatic N) is 1. The summed E-state index contributed by atoms with van der Waals surface area (Å²) in [6.45, 7) is 3.58. The van der Waals surface area contributed by atoms with E-state index in [2.05, 4.69) is 12.2 Å². The van der Waals surface area contributed by atoms with Crippen LogP contribution in [-0.2, 0) is 11.3 Å². The number of likely N-dealkylation sites (tertiary alicyclic amines) is 1. The fraction of sp³-hybridized carbons (Fsp3) is 0.636. The number of carbonyl (C=O) groups is 2. The fourth-order valence-electron chi connectivity index (χ4n) is 4.32. The molecule has 0 aromatic heterocycles. The molecule has 1 atom stereocenters. The van der Waals surface area contributed by atoms with Crippen molar-refractivity contribution in [2.75, 3.05) is 6.54 Å². The van der Waals surface area contributed by atoms with Crippen molar-refractivity contribution in [1.82, 2.24) is 10.2 Å². The van der Waals surface area contributed by atoms with Crippen molar-refractivity contribution in [1.29, 1.82) is 0 Å². The van der Waals surface area contributed by atoms with Crippen molar-refractivity contribution >= 4 is 11.8 Å². The van der Waals surface area contributed by atoms with E-state index in [1.807, 2.05) is 29.2 Å². The van der Waals surface area contributed by atoms with Crippen LogP contribution in [0.25, 0.3) is 0 Å². The van der Waals surface area contributed by atoms with Gasteiger partial charge >= 0.3 is 0 Å². The van der Waals surface area contributed by atoms with Crippen LogP contribution >= 0.6 is 0 Å². The first kappa shape index (κ1) is 18.9. The minimum atomic E-state index is 0.148. The third kappa shape index (κ3) is 4.66. The van der Waals surface area contributed by atoms with E-state index in [-0.39, 0.29) is 17.7 Å². The largest absolute Gasteiger partial charge is 0.352 e. The van der Waals surface area contributed by atoms with E-state index >= 15 is 0 Å². The molecule has 0 radical (unpaired) electrons. The second kappa shape index (κ2) is 9.20. The van der Waals surface area contributed by atoms with E-state index in [1.165, 1.54) is 25.7 Å². The molecule has 1 unspecified atom stereocenters. The van der Waals surface area contributed by atoms with Gasteiger partial charge in [-0.05, 0) is 56.2 Å². The van der Waals surface area contributed by atoms with Crippen LogP contribution in [0, 0.1) is 5.92 Å². The standard InChI is InChI=1S/C22H32N2O2/c1-2-20-10-6-7-15-24(20)22(26)19-13-11-17(12-14-19)16-23-21(25)18-8-4-3-5-9-18/h11-14,18,20H,2-10,15-16H2,1H3,(H,23,25). The van der Waals surface area contributed by atoms with Crippen molar-refractivity contribution in [3.63, 3.8) is 0 Å². The lowest BCUT2D eigenvalue weighted by atomic mass is 9.88. The molecule has 2 aliphatic rings. The molecule has 1 N–H and O–H groups in total. The molecule has 0 spiro atoms. The molecule has 3 rings (SSSR count). The maximum absolute atomic E-state index is 12.8. The van der Waals surface area contributed by atoms with Crippen LogP contribution in [0.2, 0.25) is 0 Å². The molecule has 26 heavy (non-hydrogen) atoms. The van der Waals surface area contributed by atoms with E-state index in [4.69, 9.17) is 0 Å². The van der Waals surface area contributed by atoms with Gasteiger partial charge in [0.2, 0.25) is 5.91 Å². The number of amides is 2. The van der Waals surface area contributed by atoms with Crippen LogP contribution in [0.3, 0.4) is 0 Å². The maximum Gasteiger partial charge on any atom is 0.254 e. The Morgan fingerprint density at radius 2 is 1.69 bits per heavy atom. The van der Waals surface area contributed by atoms with Crippen molar-refractivity contribution in [3.05, 3.63) is 35.4 Å². The van der Waals surface area contributed by atoms with E-state index in [0.29, 0.717) is 12.6 Å². The Bertz CT molecular complexity index is 605. The van der Waals surface area contributed by atoms with Gasteiger partial charge in [-0.25, -0.2) is 0 Å². The monoisotopic (exact) mass is 356 g/mol. The summed E-state index contributed by atoms with van der Waals surface area (Å²) in [5, 5.41) is 3.06. The molecule has 1 aliphatic heterocycles. The van der Waals surface area contributed by atoms with Gasteiger partial charge in [0.05, 0.1) is 0 Å². The highest BCUT2D eigenvalue weighted by atomic mass is 16.2. The lowest BCUT2D eigenvalue weighted by Gasteiger charge is -2.35. The Balaban J connectivity index is 1.54. The van der Waals surface area contributed by atoms with E-state index in [0.717, 1.165) is 49.8 Å². The van der Waals surface area contributed by atoms with Gasteiger partial charge in [-0.3, -0.25) is 9.59 Å². The number of carbonyl (C=O) groups excluding carboxylic acids is 2. The minimum absolute atomic E-state index is 0.148. The van der Waals surface area contributed by atoms with Crippen molar-refractivity contribution in [2.24, 2.45) is 5.92 Å². The van der Waals surface area contributed by atoms with Gasteiger partial charge in [0, 0.05) is 30.6 Å². The molecular formula is C22H32N2O2. The average Bonchev–Trinajstić information content (AvgIpc) is 2.72. The van der Waals surface area contributed by atoms with Crippen molar-refractivity contribution < 1.29 is 9.59 Å². The van der Waals surface area contributed by atoms with E-state index < -0.39 is 0 Å². The fourth-order valence-corrected chi connectivity index (χ4v) is 4.32. The molecule has 1 saturated carbocycles. The van der Waals surface area contributed by atoms with Crippen LogP contribution < -0.4 is 5.32 Å². The van der Waals surface area contributed by atoms with Gasteiger partial charge in [-0.1, -0.05) is 38.3 Å². The van der Waals surface area contributed by atoms with Crippen LogP contribution in [0.5, 0.6) is 0 Å². The van der Waals surface area contributed by atoms with Gasteiger partial charge < -0.3 is 10.2 Å². The quantitative estimate of drug-likeness (QED) is 0.856. The molecule has 1 aromatic carbocycles. The van der Waals surface area contributed by atoms with Crippen molar-refractivity contribution in [3.8, 4) is 0 Å². The summed E-state index contributed by atoms with van der Waals surface area (Å²) in [5.41, 5.74) is 1.81. The molecular weight excluding hydrogens is 324 g/mol. The normalized spacial score (nSPS) is 21.4. The number of hydrogen-bond donors (Lipinski definition) is 1. The third-order valence-corrected chi connectivity index (χ3v) is 6.00. The smallest absolute Gasteiger partial charge is 0.254 e. The Morgan fingerprint density at radius 3 is 2.38 bits per heavy atom. The first-order valence-corrected chi connectivity index (χ1v) is 10.4. The van der Waals surface area contributed by atoms with Crippen LogP contribution in [-0.4, -0.2) is 29.3 Å². The highest BCUT2D eigenvalue weighted by molar-refractivity contribution is 5.94. The average molecular weight is 357 g/mol. The summed E-state index contributed by atoms with van der Waals surface area (Å²) >= 11 is 0. The van der Waals surface area contributed by atoms with E-state index in [1.54, 1.807) is 0 Å². The van der Waals surface area contributed by atoms with Crippen molar-refractivity contribution in [2.45, 2.75) is 77.3 Å². The number of hydrogen-bond acceptors (Lipinski definition) is 2. The Kier molecular flexibility index (Phi) is 6.70. The molecule has 142 valence electrons. The van der Waals surface area contributed by atoms with Crippen LogP contribution in [0.1, 0.15) is 80.6 Å². The van der Waals surface area contributed by atoms with Crippen LogP contribution in [0.15, 0.2) is 24.3 Å². The molecule has 1 saturated heterocycles. The zero-order valence-corrected chi connectivity index (χ0v) is 16.0. The van der Waals surface area contributed by atoms with Gasteiger partial charge in [-0.15, -0.1) is 0 Å². The summed E-state index contributed by atoms with van der Waals surface area (Å²) in [7, 11) is 0. The molecule has 1 aliphatic carbocycles. The number of nitrogens with one attached hydrogen (secondary N) is 1. The minimum Gasteiger partial charge on any atom is -0.352 e. The first-order valence-electron chi connectivity index (χ1n) is 10.4. The van der Waals surface area contributed by atoms with Crippen LogP contribution in [0.4, 0.5) is 0 Å². The number of rotatable bonds is 5. The first-order chi connectivity index (χ1) is 12.7. The summed E-state index contributed by atoms with van der Waals surface area (Å²) in [5.74, 6) is 0.521. The zero-order valence-electron chi connectivity index (χ0n) is 16.0. The number of piperidine rings is 1. The SMILES string of the molecule is CCC1CCCCN1C(=O)c1ccc(CNC(=O)C2CCCCC2)cc1. The summed E-state index contributed by atoms with van der Waals surface area (Å²) in [4.78, 5) is 27.1. The zero-order chi connectivity index (χ0) is 18.4. The van der Waals surface area contributed by atoms with Gasteiger partial charge in [0.15, 0.2) is 0 Å². The second-order valence-corrected chi connectivity index (χ2v) is 7.81. The maximum atomic E-state index is 12.8. The highest BCUT2D eigenvalue weighted by Gasteiger charge is 2.26. The lowest BCUT2D eigenvalue weighted by Crippen LogP contribution is -2.43. The Hall–Kier alpha value is -1.84. The van der Waals surface area contributed by atoms with E-state index in [9.17, 15) is 9.59 Å². The molecule has 1 aromatic rings.